The van der Waals surface area contributed by atoms with E-state index in [1.807, 2.05) is 60.7 Å². The van der Waals surface area contributed by atoms with Crippen LogP contribution in [0.1, 0.15) is 16.7 Å². The monoisotopic (exact) mass is 442 g/mol. The van der Waals surface area contributed by atoms with Crippen LogP contribution < -0.4 is 10.2 Å². The number of hydrazone groups is 1. The molecule has 6 nitrogen and oxygen atoms in total. The van der Waals surface area contributed by atoms with Crippen molar-refractivity contribution in [1.82, 2.24) is 15.2 Å². The fourth-order valence-electron chi connectivity index (χ4n) is 3.79. The predicted molar refractivity (Wildman–Crippen MR) is 131 cm³/mol. The first-order valence-corrected chi connectivity index (χ1v) is 11.3. The molecule has 1 N–H and O–H groups in total. The van der Waals surface area contributed by atoms with Crippen molar-refractivity contribution in [3.63, 3.8) is 0 Å². The average Bonchev–Trinajstić information content (AvgIpc) is 2.86. The zero-order chi connectivity index (χ0) is 22.7. The molecule has 0 bridgehead atoms. The zero-order valence-electron chi connectivity index (χ0n) is 18.8. The van der Waals surface area contributed by atoms with Crippen molar-refractivity contribution in [2.24, 2.45) is 5.10 Å². The summed E-state index contributed by atoms with van der Waals surface area (Å²) in [6.45, 7) is 5.50. The molecular formula is C27H30N4O2. The molecule has 1 aliphatic rings. The van der Waals surface area contributed by atoms with E-state index in [2.05, 4.69) is 44.6 Å². The Bertz CT molecular complexity index is 1030. The molecule has 0 aliphatic carbocycles. The maximum atomic E-state index is 12.3. The Labute approximate surface area is 195 Å². The predicted octanol–water partition coefficient (Wildman–Crippen LogP) is 3.53. The van der Waals surface area contributed by atoms with Crippen LogP contribution in [-0.4, -0.2) is 54.6 Å². The molecule has 1 fully saturated rings. The minimum Gasteiger partial charge on any atom is -0.489 e. The first kappa shape index (κ1) is 22.7. The molecule has 3 aromatic rings. The van der Waals surface area contributed by atoms with Crippen LogP contribution in [0.25, 0.3) is 0 Å². The van der Waals surface area contributed by atoms with Gasteiger partial charge in [-0.25, -0.2) is 5.43 Å². The normalized spacial score (nSPS) is 14.9. The minimum absolute atomic E-state index is 0.0979. The maximum Gasteiger partial charge on any atom is 0.254 e. The van der Waals surface area contributed by atoms with Crippen LogP contribution in [0.4, 0.5) is 0 Å². The van der Waals surface area contributed by atoms with Gasteiger partial charge in [0.1, 0.15) is 12.4 Å². The molecule has 0 saturated carbocycles. The lowest BCUT2D eigenvalue weighted by Crippen LogP contribution is -2.48. The van der Waals surface area contributed by atoms with E-state index in [1.165, 1.54) is 5.56 Å². The number of carbonyl (C=O) groups excluding carboxylic acids is 1. The van der Waals surface area contributed by atoms with Crippen LogP contribution in [0, 0.1) is 0 Å². The zero-order valence-corrected chi connectivity index (χ0v) is 18.8. The number of nitrogens with one attached hydrogen (secondary N) is 1. The van der Waals surface area contributed by atoms with E-state index in [-0.39, 0.29) is 5.91 Å². The van der Waals surface area contributed by atoms with Crippen LogP contribution in [0.3, 0.4) is 0 Å². The van der Waals surface area contributed by atoms with E-state index in [4.69, 9.17) is 4.74 Å². The second-order valence-electron chi connectivity index (χ2n) is 8.18. The van der Waals surface area contributed by atoms with Gasteiger partial charge in [-0.1, -0.05) is 72.8 Å². The van der Waals surface area contributed by atoms with Gasteiger partial charge in [-0.15, -0.1) is 0 Å². The fourth-order valence-corrected chi connectivity index (χ4v) is 3.79. The minimum atomic E-state index is -0.0979. The number of rotatable bonds is 9. The Morgan fingerprint density at radius 3 is 2.24 bits per heavy atom. The third kappa shape index (κ3) is 7.56. The van der Waals surface area contributed by atoms with Crippen molar-refractivity contribution in [2.75, 3.05) is 32.7 Å². The number of hydrogen-bond donors (Lipinski definition) is 1. The van der Waals surface area contributed by atoms with Gasteiger partial charge in [-0.05, 0) is 28.8 Å². The highest BCUT2D eigenvalue weighted by Crippen LogP contribution is 2.14. The van der Waals surface area contributed by atoms with Crippen molar-refractivity contribution in [1.29, 1.82) is 0 Å². The van der Waals surface area contributed by atoms with Crippen molar-refractivity contribution in [2.45, 2.75) is 13.2 Å². The van der Waals surface area contributed by atoms with E-state index >= 15 is 0 Å². The summed E-state index contributed by atoms with van der Waals surface area (Å²) >= 11 is 0. The van der Waals surface area contributed by atoms with Crippen LogP contribution in [0.2, 0.25) is 0 Å². The van der Waals surface area contributed by atoms with E-state index < -0.39 is 0 Å². The summed E-state index contributed by atoms with van der Waals surface area (Å²) in [5, 5.41) is 4.12. The molecule has 4 rings (SSSR count). The largest absolute Gasteiger partial charge is 0.489 e. The first-order chi connectivity index (χ1) is 16.2. The lowest BCUT2D eigenvalue weighted by molar-refractivity contribution is -0.122. The molecule has 6 heteroatoms. The van der Waals surface area contributed by atoms with Crippen LogP contribution >= 0.6 is 0 Å². The third-order valence-electron chi connectivity index (χ3n) is 5.59. The summed E-state index contributed by atoms with van der Waals surface area (Å²) in [6.07, 6.45) is 1.64. The van der Waals surface area contributed by atoms with Crippen molar-refractivity contribution in [3.05, 3.63) is 102 Å². The summed E-state index contributed by atoms with van der Waals surface area (Å²) in [6, 6.07) is 28.2. The summed E-state index contributed by atoms with van der Waals surface area (Å²) in [5.41, 5.74) is 5.95. The molecule has 0 unspecified atom stereocenters. The van der Waals surface area contributed by atoms with E-state index in [1.54, 1.807) is 6.21 Å². The van der Waals surface area contributed by atoms with E-state index in [0.717, 1.165) is 49.6 Å². The highest BCUT2D eigenvalue weighted by atomic mass is 16.5. The van der Waals surface area contributed by atoms with Gasteiger partial charge in [0.05, 0.1) is 12.8 Å². The van der Waals surface area contributed by atoms with Gasteiger partial charge in [0.2, 0.25) is 0 Å². The van der Waals surface area contributed by atoms with Crippen LogP contribution in [0.5, 0.6) is 5.75 Å². The average molecular weight is 443 g/mol. The van der Waals surface area contributed by atoms with Crippen molar-refractivity contribution in [3.8, 4) is 5.75 Å². The molecule has 0 aromatic heterocycles. The molecule has 3 aromatic carbocycles. The number of piperazine rings is 1. The smallest absolute Gasteiger partial charge is 0.254 e. The molecule has 0 atom stereocenters. The van der Waals surface area contributed by atoms with Gasteiger partial charge < -0.3 is 4.74 Å². The Balaban J connectivity index is 1.17. The van der Waals surface area contributed by atoms with E-state index in [0.29, 0.717) is 13.2 Å². The molecule has 33 heavy (non-hydrogen) atoms. The third-order valence-corrected chi connectivity index (χ3v) is 5.59. The second kappa shape index (κ2) is 11.9. The summed E-state index contributed by atoms with van der Waals surface area (Å²) in [4.78, 5) is 16.9. The number of benzene rings is 3. The Morgan fingerprint density at radius 1 is 0.848 bits per heavy atom. The number of amides is 1. The lowest BCUT2D eigenvalue weighted by Gasteiger charge is -2.34. The Kier molecular flexibility index (Phi) is 8.22. The molecule has 1 amide bonds. The molecule has 1 aliphatic heterocycles. The standard InChI is InChI=1S/C27H30N4O2/c32-27(21-31-16-14-30(15-17-31)20-23-8-3-1-4-9-23)29-28-19-25-12-7-13-26(18-25)33-22-24-10-5-2-6-11-24/h1-13,18-19H,14-17,20-22H2,(H,29,32)/b28-19+. The molecule has 1 heterocycles. The van der Waals surface area contributed by atoms with Crippen molar-refractivity contribution < 1.29 is 9.53 Å². The van der Waals surface area contributed by atoms with Crippen LogP contribution in [-0.2, 0) is 17.9 Å². The number of hydrogen-bond acceptors (Lipinski definition) is 5. The fraction of sp³-hybridized carbons (Fsp3) is 0.259. The summed E-state index contributed by atoms with van der Waals surface area (Å²) < 4.78 is 5.85. The Morgan fingerprint density at radius 2 is 1.52 bits per heavy atom. The SMILES string of the molecule is O=C(CN1CCN(Cc2ccccc2)CC1)N/N=C/c1cccc(OCc2ccccc2)c1. The van der Waals surface area contributed by atoms with Gasteiger partial charge in [0.15, 0.2) is 0 Å². The highest BCUT2D eigenvalue weighted by Gasteiger charge is 2.18. The molecule has 0 spiro atoms. The Hall–Kier alpha value is -3.48. The molecule has 170 valence electrons. The number of carbonyl (C=O) groups is 1. The van der Waals surface area contributed by atoms with Gasteiger partial charge in [0, 0.05) is 32.7 Å². The molecule has 0 radical (unpaired) electrons. The number of ether oxygens (including phenoxy) is 1. The lowest BCUT2D eigenvalue weighted by atomic mass is 10.2. The number of nitrogens with zero attached hydrogens (tertiary/aromatic N) is 3. The van der Waals surface area contributed by atoms with Gasteiger partial charge in [-0.2, -0.15) is 5.10 Å². The highest BCUT2D eigenvalue weighted by molar-refractivity contribution is 5.83. The second-order valence-corrected chi connectivity index (χ2v) is 8.18. The maximum absolute atomic E-state index is 12.3. The van der Waals surface area contributed by atoms with Gasteiger partial charge in [0.25, 0.3) is 5.91 Å². The van der Waals surface area contributed by atoms with Gasteiger partial charge in [-0.3, -0.25) is 14.6 Å². The molecule has 1 saturated heterocycles. The van der Waals surface area contributed by atoms with Crippen LogP contribution in [0.15, 0.2) is 90.0 Å². The first-order valence-electron chi connectivity index (χ1n) is 11.3. The summed E-state index contributed by atoms with van der Waals surface area (Å²) in [5.74, 6) is 0.668. The quantitative estimate of drug-likeness (QED) is 0.407. The van der Waals surface area contributed by atoms with Crippen molar-refractivity contribution >= 4 is 12.1 Å². The summed E-state index contributed by atoms with van der Waals surface area (Å²) in [7, 11) is 0. The van der Waals surface area contributed by atoms with E-state index in [9.17, 15) is 4.79 Å². The topological polar surface area (TPSA) is 57.2 Å². The van der Waals surface area contributed by atoms with Gasteiger partial charge >= 0.3 is 0 Å². The molecular weight excluding hydrogens is 412 g/mol.